The molecule has 0 amide bonds. The normalized spacial score (nSPS) is 33.0. The number of allylic oxidation sites excluding steroid dienone is 4. The number of alkyl halides is 2. The van der Waals surface area contributed by atoms with Crippen molar-refractivity contribution >= 4 is 70.0 Å². The minimum absolute atomic E-state index is 0.253. The van der Waals surface area contributed by atoms with Gasteiger partial charge in [-0.25, -0.2) is 0 Å². The molecule has 0 aromatic rings. The number of hydrogen-bond donors (Lipinski definition) is 1. The second-order valence-corrected chi connectivity index (χ2v) is 8.32. The maximum absolute atomic E-state index is 6.99. The summed E-state index contributed by atoms with van der Waals surface area (Å²) in [5.74, 6) is 0.253. The molecule has 0 aromatic heterocycles. The third kappa shape index (κ3) is 2.99. The lowest BCUT2D eigenvalue weighted by Crippen LogP contribution is -2.46. The fraction of sp³-hybridized carbons (Fsp3) is 0.692. The monoisotopic (exact) mass is 393 g/mol. The second-order valence-electron chi connectivity index (χ2n) is 5.08. The Bertz CT molecular complexity index is 444. The van der Waals surface area contributed by atoms with Crippen LogP contribution in [0.3, 0.4) is 0 Å². The number of rotatable bonds is 3. The molecule has 114 valence electrons. The van der Waals surface area contributed by atoms with Gasteiger partial charge in [-0.1, -0.05) is 54.1 Å². The van der Waals surface area contributed by atoms with E-state index in [4.69, 9.17) is 58.0 Å². The topological polar surface area (TPSA) is 12.0 Å². The SMILES string of the molecule is CNSC1=C(Cl)C(Cl)=C(Cl)C(Cl)C1(Cl)C1CCCCC1. The molecular weight excluding hydrogens is 379 g/mol. The Morgan fingerprint density at radius 2 is 1.70 bits per heavy atom. The lowest BCUT2D eigenvalue weighted by atomic mass is 9.76. The molecule has 1 nitrogen and oxygen atoms in total. The average Bonchev–Trinajstić information content (AvgIpc) is 2.48. The predicted molar refractivity (Wildman–Crippen MR) is 93.1 cm³/mol. The molecule has 20 heavy (non-hydrogen) atoms. The summed E-state index contributed by atoms with van der Waals surface area (Å²) >= 11 is 33.7. The van der Waals surface area contributed by atoms with Gasteiger partial charge >= 0.3 is 0 Å². The molecule has 2 aliphatic carbocycles. The van der Waals surface area contributed by atoms with Crippen molar-refractivity contribution in [3.05, 3.63) is 20.0 Å². The molecule has 1 N–H and O–H groups in total. The number of hydrogen-bond acceptors (Lipinski definition) is 2. The Kier molecular flexibility index (Phi) is 6.34. The highest BCUT2D eigenvalue weighted by atomic mass is 35.5. The molecule has 0 saturated heterocycles. The first-order valence-electron chi connectivity index (χ1n) is 6.56. The number of nitrogens with one attached hydrogen (secondary N) is 1. The van der Waals surface area contributed by atoms with Crippen molar-refractivity contribution in [2.75, 3.05) is 7.05 Å². The summed E-state index contributed by atoms with van der Waals surface area (Å²) in [6.45, 7) is 0. The van der Waals surface area contributed by atoms with Gasteiger partial charge in [-0.15, -0.1) is 23.2 Å². The highest BCUT2D eigenvalue weighted by Crippen LogP contribution is 2.57. The van der Waals surface area contributed by atoms with E-state index in [2.05, 4.69) is 4.72 Å². The van der Waals surface area contributed by atoms with Crippen LogP contribution in [-0.4, -0.2) is 17.3 Å². The van der Waals surface area contributed by atoms with Crippen molar-refractivity contribution in [1.82, 2.24) is 4.72 Å². The van der Waals surface area contributed by atoms with Crippen molar-refractivity contribution in [1.29, 1.82) is 0 Å². The Hall–Kier alpha value is 1.24. The van der Waals surface area contributed by atoms with Crippen LogP contribution in [0.25, 0.3) is 0 Å². The van der Waals surface area contributed by atoms with Crippen LogP contribution in [0.4, 0.5) is 0 Å². The summed E-state index contributed by atoms with van der Waals surface area (Å²) in [7, 11) is 1.82. The Balaban J connectivity index is 2.47. The van der Waals surface area contributed by atoms with Gasteiger partial charge in [0.15, 0.2) is 0 Å². The van der Waals surface area contributed by atoms with E-state index in [1.165, 1.54) is 18.4 Å². The van der Waals surface area contributed by atoms with E-state index in [1.807, 2.05) is 7.05 Å². The summed E-state index contributed by atoms with van der Waals surface area (Å²) < 4.78 is 3.03. The second kappa shape index (κ2) is 7.21. The molecule has 0 aromatic carbocycles. The summed E-state index contributed by atoms with van der Waals surface area (Å²) in [5, 5.41) is 0.505. The van der Waals surface area contributed by atoms with Crippen molar-refractivity contribution in [3.8, 4) is 0 Å². The lowest BCUT2D eigenvalue weighted by molar-refractivity contribution is 0.303. The summed E-state index contributed by atoms with van der Waals surface area (Å²) in [4.78, 5) is -0.00741. The third-order valence-electron chi connectivity index (χ3n) is 3.94. The molecule has 2 aliphatic rings. The van der Waals surface area contributed by atoms with Gasteiger partial charge in [0.1, 0.15) is 4.87 Å². The predicted octanol–water partition coefficient (Wildman–Crippen LogP) is 6.17. The molecule has 0 aliphatic heterocycles. The van der Waals surface area contributed by atoms with Crippen LogP contribution in [0.1, 0.15) is 32.1 Å². The standard InChI is InChI=1S/C13H16Cl5NS/c1-19-20-12-10(16)8(14)9(15)11(17)13(12,18)7-5-3-2-4-6-7/h7,11,19H,2-6H2,1H3. The lowest BCUT2D eigenvalue weighted by Gasteiger charge is -2.44. The van der Waals surface area contributed by atoms with Crippen molar-refractivity contribution in [2.24, 2.45) is 5.92 Å². The maximum atomic E-state index is 6.99. The largest absolute Gasteiger partial charge is 0.263 e. The van der Waals surface area contributed by atoms with Crippen molar-refractivity contribution in [2.45, 2.75) is 42.4 Å². The molecule has 1 fully saturated rings. The molecule has 7 heteroatoms. The van der Waals surface area contributed by atoms with Gasteiger partial charge < -0.3 is 0 Å². The molecule has 2 rings (SSSR count). The quantitative estimate of drug-likeness (QED) is 0.453. The smallest absolute Gasteiger partial charge is 0.102 e. The van der Waals surface area contributed by atoms with Crippen LogP contribution >= 0.6 is 70.0 Å². The Morgan fingerprint density at radius 1 is 1.10 bits per heavy atom. The third-order valence-corrected chi connectivity index (χ3v) is 7.99. The maximum Gasteiger partial charge on any atom is 0.102 e. The summed E-state index contributed by atoms with van der Waals surface area (Å²) in [5.41, 5.74) is 0. The van der Waals surface area contributed by atoms with E-state index in [0.717, 1.165) is 30.6 Å². The van der Waals surface area contributed by atoms with Crippen LogP contribution in [0, 0.1) is 5.92 Å². The van der Waals surface area contributed by atoms with E-state index >= 15 is 0 Å². The molecule has 0 bridgehead atoms. The zero-order chi connectivity index (χ0) is 14.9. The van der Waals surface area contributed by atoms with Crippen LogP contribution in [-0.2, 0) is 0 Å². The summed E-state index contributed by atoms with van der Waals surface area (Å²) in [6, 6.07) is 0. The zero-order valence-electron chi connectivity index (χ0n) is 11.0. The summed E-state index contributed by atoms with van der Waals surface area (Å²) in [6.07, 6.45) is 5.63. The van der Waals surface area contributed by atoms with Crippen molar-refractivity contribution in [3.63, 3.8) is 0 Å². The van der Waals surface area contributed by atoms with Crippen LogP contribution in [0.15, 0.2) is 20.0 Å². The Morgan fingerprint density at radius 3 is 2.25 bits per heavy atom. The molecular formula is C13H16Cl5NS. The van der Waals surface area contributed by atoms with Crippen LogP contribution in [0.5, 0.6) is 0 Å². The molecule has 2 atom stereocenters. The van der Waals surface area contributed by atoms with Gasteiger partial charge in [-0.2, -0.15) is 0 Å². The van der Waals surface area contributed by atoms with Gasteiger partial charge in [-0.05, 0) is 37.8 Å². The van der Waals surface area contributed by atoms with E-state index in [9.17, 15) is 0 Å². The van der Waals surface area contributed by atoms with E-state index < -0.39 is 10.3 Å². The first-order chi connectivity index (χ1) is 9.44. The van der Waals surface area contributed by atoms with Crippen molar-refractivity contribution < 1.29 is 0 Å². The fourth-order valence-electron chi connectivity index (χ4n) is 2.92. The molecule has 1 saturated carbocycles. The fourth-order valence-corrected chi connectivity index (χ4v) is 5.87. The first kappa shape index (κ1) is 17.6. The van der Waals surface area contributed by atoms with E-state index in [0.29, 0.717) is 15.1 Å². The van der Waals surface area contributed by atoms with Crippen LogP contribution < -0.4 is 4.72 Å². The molecule has 2 unspecified atom stereocenters. The van der Waals surface area contributed by atoms with E-state index in [-0.39, 0.29) is 5.92 Å². The van der Waals surface area contributed by atoms with Gasteiger partial charge in [0.25, 0.3) is 0 Å². The van der Waals surface area contributed by atoms with Gasteiger partial charge in [0, 0.05) is 4.91 Å². The number of halogens is 5. The van der Waals surface area contributed by atoms with E-state index in [1.54, 1.807) is 0 Å². The Labute approximate surface area is 149 Å². The average molecular weight is 396 g/mol. The first-order valence-corrected chi connectivity index (χ1v) is 9.33. The minimum atomic E-state index is -0.789. The van der Waals surface area contributed by atoms with Crippen LogP contribution in [0.2, 0.25) is 0 Å². The van der Waals surface area contributed by atoms with Gasteiger partial charge in [0.05, 0.1) is 20.5 Å². The van der Waals surface area contributed by atoms with Gasteiger partial charge in [0.2, 0.25) is 0 Å². The van der Waals surface area contributed by atoms with Gasteiger partial charge in [-0.3, -0.25) is 4.72 Å². The molecule has 0 radical (unpaired) electrons. The molecule has 0 heterocycles. The highest BCUT2D eigenvalue weighted by Gasteiger charge is 2.52. The zero-order valence-corrected chi connectivity index (χ0v) is 15.6. The molecule has 0 spiro atoms. The minimum Gasteiger partial charge on any atom is -0.263 e. The highest BCUT2D eigenvalue weighted by molar-refractivity contribution is 8.01.